The van der Waals surface area contributed by atoms with E-state index < -0.39 is 5.91 Å². The van der Waals surface area contributed by atoms with E-state index in [0.29, 0.717) is 16.8 Å². The Kier molecular flexibility index (Phi) is 6.39. The van der Waals surface area contributed by atoms with Gasteiger partial charge in [0.2, 0.25) is 0 Å². The van der Waals surface area contributed by atoms with Gasteiger partial charge >= 0.3 is 0 Å². The first-order chi connectivity index (χ1) is 13.9. The van der Waals surface area contributed by atoms with E-state index >= 15 is 0 Å². The molecule has 7 heteroatoms. The first kappa shape index (κ1) is 20.7. The molecule has 0 fully saturated rings. The first-order valence-corrected chi connectivity index (χ1v) is 10.4. The summed E-state index contributed by atoms with van der Waals surface area (Å²) in [5, 5.41) is 0. The zero-order valence-electron chi connectivity index (χ0n) is 16.5. The van der Waals surface area contributed by atoms with Crippen LogP contribution in [0.25, 0.3) is 5.69 Å². The van der Waals surface area contributed by atoms with Crippen molar-refractivity contribution in [2.75, 3.05) is 6.26 Å². The Bertz CT molecular complexity index is 1040. The van der Waals surface area contributed by atoms with Gasteiger partial charge in [-0.15, -0.1) is 0 Å². The number of hydrazine groups is 1. The molecular weight excluding hydrogens is 389 g/mol. The average molecular weight is 412 g/mol. The van der Waals surface area contributed by atoms with Crippen LogP contribution in [0.4, 0.5) is 4.39 Å². The van der Waals surface area contributed by atoms with Crippen molar-refractivity contribution in [3.8, 4) is 5.69 Å². The number of hydrogen-bond acceptors (Lipinski definition) is 3. The fraction of sp³-hybridized carbons (Fsp3) is 0.182. The number of nitrogens with one attached hydrogen (secondary N) is 2. The Hall–Kier alpha value is -3.06. The summed E-state index contributed by atoms with van der Waals surface area (Å²) in [7, 11) is 0. The Morgan fingerprint density at radius 1 is 1.00 bits per heavy atom. The van der Waals surface area contributed by atoms with Gasteiger partial charge in [-0.1, -0.05) is 12.1 Å². The van der Waals surface area contributed by atoms with Crippen LogP contribution in [0.1, 0.15) is 37.7 Å². The third kappa shape index (κ3) is 4.68. The molecule has 0 aliphatic heterocycles. The summed E-state index contributed by atoms with van der Waals surface area (Å²) in [5.74, 6) is -0.310. The number of carbonyl (C=O) groups excluding carboxylic acids is 2. The Morgan fingerprint density at radius 2 is 1.69 bits per heavy atom. The molecule has 5 nitrogen and oxygen atoms in total. The normalized spacial score (nSPS) is 10.6. The van der Waals surface area contributed by atoms with Gasteiger partial charge in [-0.25, -0.2) is 4.39 Å². The quantitative estimate of drug-likeness (QED) is 0.620. The lowest BCUT2D eigenvalue weighted by atomic mass is 10.1. The van der Waals surface area contributed by atoms with Crippen molar-refractivity contribution in [3.63, 3.8) is 0 Å². The first-order valence-electron chi connectivity index (χ1n) is 9.04. The van der Waals surface area contributed by atoms with Crippen LogP contribution in [0.2, 0.25) is 0 Å². The van der Waals surface area contributed by atoms with Crippen LogP contribution >= 0.6 is 11.8 Å². The van der Waals surface area contributed by atoms with Crippen molar-refractivity contribution in [2.45, 2.75) is 19.6 Å². The van der Waals surface area contributed by atoms with Crippen molar-refractivity contribution in [1.29, 1.82) is 0 Å². The van der Waals surface area contributed by atoms with Gasteiger partial charge in [0.1, 0.15) is 5.82 Å². The van der Waals surface area contributed by atoms with E-state index in [1.54, 1.807) is 49.0 Å². The molecule has 0 aliphatic rings. The van der Waals surface area contributed by atoms with Gasteiger partial charge < -0.3 is 4.57 Å². The van der Waals surface area contributed by atoms with Crippen LogP contribution in [-0.4, -0.2) is 22.6 Å². The molecule has 1 aromatic heterocycles. The number of rotatable bonds is 5. The third-order valence-electron chi connectivity index (χ3n) is 4.55. The number of halogens is 1. The number of nitrogens with zero attached hydrogens (tertiary/aromatic N) is 1. The molecule has 0 aliphatic carbocycles. The van der Waals surface area contributed by atoms with Crippen LogP contribution in [-0.2, 0) is 5.75 Å². The molecule has 1 heterocycles. The number of amides is 2. The number of aryl methyl sites for hydroxylation is 1. The fourth-order valence-electron chi connectivity index (χ4n) is 3.20. The molecule has 0 saturated carbocycles. The highest BCUT2D eigenvalue weighted by atomic mass is 32.2. The van der Waals surface area contributed by atoms with Gasteiger partial charge in [0.25, 0.3) is 11.8 Å². The second-order valence-electron chi connectivity index (χ2n) is 6.64. The highest BCUT2D eigenvalue weighted by Gasteiger charge is 2.17. The topological polar surface area (TPSA) is 63.1 Å². The molecule has 0 saturated heterocycles. The predicted molar refractivity (Wildman–Crippen MR) is 114 cm³/mol. The van der Waals surface area contributed by atoms with Crippen LogP contribution in [0.3, 0.4) is 0 Å². The fourth-order valence-corrected chi connectivity index (χ4v) is 3.72. The summed E-state index contributed by atoms with van der Waals surface area (Å²) in [4.78, 5) is 25.0. The molecule has 0 unspecified atom stereocenters. The van der Waals surface area contributed by atoms with Crippen molar-refractivity contribution in [1.82, 2.24) is 15.4 Å². The predicted octanol–water partition coefficient (Wildman–Crippen LogP) is 4.17. The molecule has 2 amide bonds. The molecule has 3 aromatic rings. The summed E-state index contributed by atoms with van der Waals surface area (Å²) in [5.41, 5.74) is 9.18. The van der Waals surface area contributed by atoms with Crippen molar-refractivity contribution in [3.05, 3.63) is 88.5 Å². The lowest BCUT2D eigenvalue weighted by molar-refractivity contribution is 0.0846. The number of aromatic nitrogens is 1. The van der Waals surface area contributed by atoms with Crippen LogP contribution in [0.5, 0.6) is 0 Å². The molecule has 29 heavy (non-hydrogen) atoms. The molecule has 0 spiro atoms. The van der Waals surface area contributed by atoms with Gasteiger partial charge in [-0.3, -0.25) is 20.4 Å². The largest absolute Gasteiger partial charge is 0.318 e. The lowest BCUT2D eigenvalue weighted by Gasteiger charge is -2.11. The Morgan fingerprint density at radius 3 is 2.38 bits per heavy atom. The maximum atomic E-state index is 13.2. The highest BCUT2D eigenvalue weighted by molar-refractivity contribution is 7.97. The number of benzene rings is 2. The minimum absolute atomic E-state index is 0.321. The number of carbonyl (C=O) groups is 2. The standard InChI is InChI=1S/C22H22FN3O2S/c1-14-11-20(15(2)26(14)19-9-7-18(23)8-10-19)22(28)25-24-21(27)17-6-4-5-16(12-17)13-29-3/h4-12H,13H2,1-3H3,(H,24,27)(H,25,28). The SMILES string of the molecule is CSCc1cccc(C(=O)NNC(=O)c2cc(C)n(-c3ccc(F)cc3)c2C)c1. The highest BCUT2D eigenvalue weighted by Crippen LogP contribution is 2.21. The minimum Gasteiger partial charge on any atom is -0.318 e. The number of hydrogen-bond donors (Lipinski definition) is 2. The van der Waals surface area contributed by atoms with Gasteiger partial charge in [-0.2, -0.15) is 11.8 Å². The summed E-state index contributed by atoms with van der Waals surface area (Å²) < 4.78 is 15.1. The smallest absolute Gasteiger partial charge is 0.271 e. The van der Waals surface area contributed by atoms with E-state index in [1.165, 1.54) is 12.1 Å². The van der Waals surface area contributed by atoms with E-state index in [0.717, 1.165) is 22.7 Å². The molecule has 150 valence electrons. The van der Waals surface area contributed by atoms with Crippen LogP contribution < -0.4 is 10.9 Å². The van der Waals surface area contributed by atoms with Gasteiger partial charge in [0.05, 0.1) is 5.56 Å². The van der Waals surface area contributed by atoms with E-state index in [-0.39, 0.29) is 11.7 Å². The number of thioether (sulfide) groups is 1. The van der Waals surface area contributed by atoms with Crippen LogP contribution in [0.15, 0.2) is 54.6 Å². The maximum Gasteiger partial charge on any atom is 0.271 e. The maximum absolute atomic E-state index is 13.2. The minimum atomic E-state index is -0.417. The summed E-state index contributed by atoms with van der Waals surface area (Å²) >= 11 is 1.67. The second kappa shape index (κ2) is 8.96. The van der Waals surface area contributed by atoms with E-state index in [4.69, 9.17) is 0 Å². The molecule has 0 bridgehead atoms. The van der Waals surface area contributed by atoms with Crippen LogP contribution in [0, 0.1) is 19.7 Å². The molecular formula is C22H22FN3O2S. The van der Waals surface area contributed by atoms with Crippen molar-refractivity contribution >= 4 is 23.6 Å². The second-order valence-corrected chi connectivity index (χ2v) is 7.50. The molecule has 2 N–H and O–H groups in total. The van der Waals surface area contributed by atoms with Crippen molar-refractivity contribution in [2.24, 2.45) is 0 Å². The van der Waals surface area contributed by atoms with E-state index in [2.05, 4.69) is 10.9 Å². The summed E-state index contributed by atoms with van der Waals surface area (Å²) in [6.07, 6.45) is 2.00. The van der Waals surface area contributed by atoms with Gasteiger partial charge in [0, 0.05) is 28.4 Å². The average Bonchev–Trinajstić information content (AvgIpc) is 3.01. The Labute approximate surface area is 173 Å². The van der Waals surface area contributed by atoms with Crippen molar-refractivity contribution < 1.29 is 14.0 Å². The lowest BCUT2D eigenvalue weighted by Crippen LogP contribution is -2.41. The molecule has 0 atom stereocenters. The molecule has 2 aromatic carbocycles. The zero-order chi connectivity index (χ0) is 21.0. The zero-order valence-corrected chi connectivity index (χ0v) is 17.3. The van der Waals surface area contributed by atoms with E-state index in [9.17, 15) is 14.0 Å². The monoisotopic (exact) mass is 411 g/mol. The van der Waals surface area contributed by atoms with Gasteiger partial charge in [0.15, 0.2) is 0 Å². The third-order valence-corrected chi connectivity index (χ3v) is 5.17. The molecule has 0 radical (unpaired) electrons. The van der Waals surface area contributed by atoms with Gasteiger partial charge in [-0.05, 0) is 68.1 Å². The van der Waals surface area contributed by atoms with E-state index in [1.807, 2.05) is 29.9 Å². The summed E-state index contributed by atoms with van der Waals surface area (Å²) in [6, 6.07) is 15.1. The summed E-state index contributed by atoms with van der Waals surface area (Å²) in [6.45, 7) is 3.67. The molecule has 3 rings (SSSR count). The Balaban J connectivity index is 1.73.